The van der Waals surface area contributed by atoms with Crippen molar-refractivity contribution in [2.45, 2.75) is 50.5 Å². The van der Waals surface area contributed by atoms with Crippen LogP contribution >= 0.6 is 0 Å². The highest BCUT2D eigenvalue weighted by Gasteiger charge is 2.68. The van der Waals surface area contributed by atoms with Crippen LogP contribution in [0.25, 0.3) is 0 Å². The fraction of sp³-hybridized carbons (Fsp3) is 0.348. The Hall–Kier alpha value is -3.16. The summed E-state index contributed by atoms with van der Waals surface area (Å²) in [5.41, 5.74) is -2.39. The smallest absolute Gasteiger partial charge is 0.312 e. The van der Waals surface area contributed by atoms with Crippen molar-refractivity contribution in [2.24, 2.45) is 4.99 Å². The summed E-state index contributed by atoms with van der Waals surface area (Å²) >= 11 is 0. The monoisotopic (exact) mass is 429 g/mol. The number of carbonyl (C=O) groups is 2. The summed E-state index contributed by atoms with van der Waals surface area (Å²) in [4.78, 5) is 31.3. The van der Waals surface area contributed by atoms with E-state index in [4.69, 9.17) is 0 Å². The third-order valence-corrected chi connectivity index (χ3v) is 5.85. The van der Waals surface area contributed by atoms with Gasteiger partial charge in [-0.25, -0.2) is 4.99 Å². The predicted octanol–water partition coefficient (Wildman–Crippen LogP) is 4.22. The molecule has 5 nitrogen and oxygen atoms in total. The molecule has 1 saturated carbocycles. The number of benzene rings is 2. The van der Waals surface area contributed by atoms with Crippen LogP contribution in [-0.4, -0.2) is 40.4 Å². The van der Waals surface area contributed by atoms with E-state index in [9.17, 15) is 22.8 Å². The molecular formula is C23H22F3N3O2. The number of hydrogen-bond acceptors (Lipinski definition) is 3. The standard InChI is InChI=1S/C23H22F3N3O2/c1-15-9-5-8-14-18(15)20(30)28-22(23(24,25)26)21(31)29(17-12-6-7-13-17)19(27-22)16-10-3-2-4-11-16/h2-5,8-11,14,17H,6-7,12-13H2,1H3,(H,28,30)/t22-/m1/s1. The van der Waals surface area contributed by atoms with E-state index in [0.717, 1.165) is 17.7 Å². The van der Waals surface area contributed by atoms with Crippen molar-refractivity contribution < 1.29 is 22.8 Å². The highest BCUT2D eigenvalue weighted by atomic mass is 19.4. The van der Waals surface area contributed by atoms with E-state index in [1.165, 1.54) is 6.07 Å². The lowest BCUT2D eigenvalue weighted by molar-refractivity contribution is -0.196. The lowest BCUT2D eigenvalue weighted by Crippen LogP contribution is -2.64. The highest BCUT2D eigenvalue weighted by Crippen LogP contribution is 2.41. The van der Waals surface area contributed by atoms with Gasteiger partial charge in [0, 0.05) is 17.2 Å². The quantitative estimate of drug-likeness (QED) is 0.791. The number of halogens is 3. The maximum Gasteiger partial charge on any atom is 0.442 e. The first-order valence-electron chi connectivity index (χ1n) is 10.2. The predicted molar refractivity (Wildman–Crippen MR) is 110 cm³/mol. The number of carbonyl (C=O) groups excluding carboxylic acids is 2. The Bertz CT molecular complexity index is 1030. The van der Waals surface area contributed by atoms with E-state index in [1.807, 2.05) is 5.32 Å². The van der Waals surface area contributed by atoms with Crippen LogP contribution in [0, 0.1) is 6.92 Å². The molecule has 8 heteroatoms. The van der Waals surface area contributed by atoms with Crippen molar-refractivity contribution in [1.82, 2.24) is 10.2 Å². The lowest BCUT2D eigenvalue weighted by Gasteiger charge is -2.31. The van der Waals surface area contributed by atoms with Crippen LogP contribution in [0.15, 0.2) is 59.6 Å². The van der Waals surface area contributed by atoms with Gasteiger partial charge in [-0.15, -0.1) is 0 Å². The van der Waals surface area contributed by atoms with Gasteiger partial charge < -0.3 is 5.32 Å². The van der Waals surface area contributed by atoms with E-state index in [2.05, 4.69) is 4.99 Å². The first-order valence-corrected chi connectivity index (χ1v) is 10.2. The summed E-state index contributed by atoms with van der Waals surface area (Å²) in [6.07, 6.45) is -2.28. The van der Waals surface area contributed by atoms with Crippen LogP contribution in [0.5, 0.6) is 0 Å². The zero-order valence-corrected chi connectivity index (χ0v) is 16.9. The summed E-state index contributed by atoms with van der Waals surface area (Å²) in [6, 6.07) is 14.2. The van der Waals surface area contributed by atoms with E-state index < -0.39 is 23.7 Å². The Morgan fingerprint density at radius 3 is 2.29 bits per heavy atom. The van der Waals surface area contributed by atoms with Gasteiger partial charge in [-0.05, 0) is 31.4 Å². The third kappa shape index (κ3) is 3.60. The number of amidine groups is 1. The largest absolute Gasteiger partial charge is 0.442 e. The molecule has 2 aromatic carbocycles. The molecule has 0 saturated heterocycles. The van der Waals surface area contributed by atoms with E-state index in [0.29, 0.717) is 24.0 Å². The van der Waals surface area contributed by atoms with Crippen molar-refractivity contribution in [2.75, 3.05) is 0 Å². The topological polar surface area (TPSA) is 61.8 Å². The Balaban J connectivity index is 1.82. The second-order valence-electron chi connectivity index (χ2n) is 7.89. The summed E-state index contributed by atoms with van der Waals surface area (Å²) in [7, 11) is 0. The molecule has 1 aliphatic carbocycles. The van der Waals surface area contributed by atoms with Gasteiger partial charge in [-0.1, -0.05) is 61.4 Å². The molecule has 1 fully saturated rings. The van der Waals surface area contributed by atoms with Gasteiger partial charge in [0.15, 0.2) is 0 Å². The minimum atomic E-state index is -5.12. The fourth-order valence-electron chi connectivity index (χ4n) is 4.22. The number of nitrogens with zero attached hydrogens (tertiary/aromatic N) is 2. The van der Waals surface area contributed by atoms with E-state index in [-0.39, 0.29) is 17.4 Å². The molecular weight excluding hydrogens is 407 g/mol. The fourth-order valence-corrected chi connectivity index (χ4v) is 4.22. The molecule has 1 N–H and O–H groups in total. The van der Waals surface area contributed by atoms with Crippen LogP contribution < -0.4 is 5.32 Å². The molecule has 2 aromatic rings. The molecule has 162 valence electrons. The molecule has 31 heavy (non-hydrogen) atoms. The van der Waals surface area contributed by atoms with E-state index in [1.54, 1.807) is 55.5 Å². The van der Waals surface area contributed by atoms with Crippen molar-refractivity contribution in [3.05, 3.63) is 71.3 Å². The second-order valence-corrected chi connectivity index (χ2v) is 7.89. The van der Waals surface area contributed by atoms with Crippen molar-refractivity contribution >= 4 is 17.6 Å². The summed E-state index contributed by atoms with van der Waals surface area (Å²) < 4.78 is 43.3. The number of aliphatic imine (C=N–C) groups is 1. The van der Waals surface area contributed by atoms with Crippen molar-refractivity contribution in [3.8, 4) is 0 Å². The first-order chi connectivity index (χ1) is 14.7. The van der Waals surface area contributed by atoms with Gasteiger partial charge in [0.2, 0.25) is 0 Å². The Morgan fingerprint density at radius 2 is 1.68 bits per heavy atom. The zero-order chi connectivity index (χ0) is 22.2. The molecule has 2 aliphatic rings. The number of hydrogen-bond donors (Lipinski definition) is 1. The molecule has 1 heterocycles. The van der Waals surface area contributed by atoms with Crippen molar-refractivity contribution in [3.63, 3.8) is 0 Å². The molecule has 0 bridgehead atoms. The molecule has 2 amide bonds. The summed E-state index contributed by atoms with van der Waals surface area (Å²) in [6.45, 7) is 1.62. The molecule has 0 radical (unpaired) electrons. The Kier molecular flexibility index (Phi) is 5.33. The summed E-state index contributed by atoms with van der Waals surface area (Å²) in [5, 5.41) is 1.95. The maximum atomic E-state index is 14.4. The zero-order valence-electron chi connectivity index (χ0n) is 16.9. The minimum Gasteiger partial charge on any atom is -0.312 e. The van der Waals surface area contributed by atoms with Crippen LogP contribution in [0.3, 0.4) is 0 Å². The van der Waals surface area contributed by atoms with Gasteiger partial charge >= 0.3 is 11.8 Å². The number of nitrogens with one attached hydrogen (secondary N) is 1. The molecule has 0 spiro atoms. The van der Waals surface area contributed by atoms with Crippen LogP contribution in [0.1, 0.15) is 47.2 Å². The third-order valence-electron chi connectivity index (χ3n) is 5.85. The Morgan fingerprint density at radius 1 is 1.06 bits per heavy atom. The number of alkyl halides is 3. The molecule has 4 rings (SSSR count). The number of amides is 2. The normalized spacial score (nSPS) is 22.0. The molecule has 0 aromatic heterocycles. The van der Waals surface area contributed by atoms with Crippen LogP contribution in [0.2, 0.25) is 0 Å². The average molecular weight is 429 g/mol. The lowest BCUT2D eigenvalue weighted by atomic mass is 10.0. The van der Waals surface area contributed by atoms with Crippen LogP contribution in [-0.2, 0) is 4.79 Å². The minimum absolute atomic E-state index is 0.0556. The first kappa shape index (κ1) is 21.1. The molecule has 1 aliphatic heterocycles. The SMILES string of the molecule is Cc1ccccc1C(=O)N[C@]1(C(F)(F)F)N=C(c2ccccc2)N(C2CCCC2)C1=O. The average Bonchev–Trinajstić information content (AvgIpc) is 3.35. The van der Waals surface area contributed by atoms with E-state index >= 15 is 0 Å². The van der Waals surface area contributed by atoms with Crippen molar-refractivity contribution in [1.29, 1.82) is 0 Å². The second kappa shape index (κ2) is 7.83. The summed E-state index contributed by atoms with van der Waals surface area (Å²) in [5.74, 6) is -2.30. The maximum absolute atomic E-state index is 14.4. The highest BCUT2D eigenvalue weighted by molar-refractivity contribution is 6.17. The molecule has 0 unspecified atom stereocenters. The Labute approximate surface area is 178 Å². The van der Waals surface area contributed by atoms with Gasteiger partial charge in [-0.3, -0.25) is 14.5 Å². The number of rotatable bonds is 4. The van der Waals surface area contributed by atoms with Crippen LogP contribution in [0.4, 0.5) is 13.2 Å². The molecule has 1 atom stereocenters. The number of aryl methyl sites for hydroxylation is 1. The van der Waals surface area contributed by atoms with Gasteiger partial charge in [0.1, 0.15) is 5.84 Å². The van der Waals surface area contributed by atoms with Gasteiger partial charge in [0.05, 0.1) is 0 Å². The van der Waals surface area contributed by atoms with Gasteiger partial charge in [0.25, 0.3) is 11.8 Å². The van der Waals surface area contributed by atoms with Gasteiger partial charge in [-0.2, -0.15) is 13.2 Å².